The van der Waals surface area contributed by atoms with Gasteiger partial charge in [0, 0.05) is 30.4 Å². The summed E-state index contributed by atoms with van der Waals surface area (Å²) >= 11 is 1.48. The number of anilines is 2. The van der Waals surface area contributed by atoms with Crippen molar-refractivity contribution >= 4 is 29.2 Å². The van der Waals surface area contributed by atoms with Gasteiger partial charge >= 0.3 is 6.18 Å². The van der Waals surface area contributed by atoms with Gasteiger partial charge in [-0.15, -0.1) is 11.3 Å². The molecule has 0 amide bonds. The average Bonchev–Trinajstić information content (AvgIpc) is 3.39. The van der Waals surface area contributed by atoms with Crippen LogP contribution in [0, 0.1) is 12.8 Å². The highest BCUT2D eigenvalue weighted by Gasteiger charge is 2.48. The Bertz CT molecular complexity index is 1150. The lowest BCUT2D eigenvalue weighted by Crippen LogP contribution is -2.50. The van der Waals surface area contributed by atoms with Crippen LogP contribution in [0.25, 0.3) is 16.6 Å². The Kier molecular flexibility index (Phi) is 7.42. The molecule has 2 aromatic rings. The van der Waals surface area contributed by atoms with Crippen LogP contribution in [0.4, 0.5) is 24.9 Å². The lowest BCUT2D eigenvalue weighted by atomic mass is 10.0. The molecule has 0 unspecified atom stereocenters. The van der Waals surface area contributed by atoms with Crippen molar-refractivity contribution < 1.29 is 28.1 Å². The highest BCUT2D eigenvalue weighted by molar-refractivity contribution is 7.15. The molecule has 9 nitrogen and oxygen atoms in total. The third-order valence-electron chi connectivity index (χ3n) is 7.06. The Morgan fingerprint density at radius 2 is 2.03 bits per heavy atom. The van der Waals surface area contributed by atoms with E-state index in [1.54, 1.807) is 6.92 Å². The standard InChI is InChI=1S/C24H31F3N6O3S/c1-14-18(21-30-16-4-2-3-5-17(16)37-21)20(31-22(29-14)28-13-24(25,26)27)32-23(35)7-6-15(19(23)34)12-33-8-10-36-11-9-33/h2,4,15,19,34-35H,3,5-13H2,1H3,(H2,28,29,31,32)/t15-,19-,23-/m1/s1. The number of aromatic nitrogens is 3. The van der Waals surface area contributed by atoms with E-state index >= 15 is 0 Å². The number of aryl methyl sites for hydroxylation is 2. The molecule has 2 aliphatic carbocycles. The van der Waals surface area contributed by atoms with Gasteiger partial charge < -0.3 is 25.6 Å². The molecule has 13 heteroatoms. The quantitative estimate of drug-likeness (QED) is 0.394. The number of morpholine rings is 1. The molecular weight excluding hydrogens is 509 g/mol. The normalized spacial score (nSPS) is 26.3. The molecule has 3 heterocycles. The molecule has 37 heavy (non-hydrogen) atoms. The maximum Gasteiger partial charge on any atom is 0.405 e. The van der Waals surface area contributed by atoms with E-state index in [9.17, 15) is 23.4 Å². The number of ether oxygens (including phenoxy) is 1. The van der Waals surface area contributed by atoms with Crippen molar-refractivity contribution in [1.82, 2.24) is 19.9 Å². The number of fused-ring (bicyclic) bond motifs is 1. The number of rotatable bonds is 7. The molecule has 2 aromatic heterocycles. The summed E-state index contributed by atoms with van der Waals surface area (Å²) in [6, 6.07) is 0. The zero-order valence-corrected chi connectivity index (χ0v) is 21.3. The Hall–Kier alpha value is -2.32. The van der Waals surface area contributed by atoms with Crippen molar-refractivity contribution in [2.45, 2.75) is 50.6 Å². The maximum atomic E-state index is 12.9. The van der Waals surface area contributed by atoms with E-state index in [0.717, 1.165) is 36.5 Å². The molecule has 202 valence electrons. The number of allylic oxidation sites excluding steroid dienone is 1. The molecule has 1 saturated carbocycles. The average molecular weight is 541 g/mol. The summed E-state index contributed by atoms with van der Waals surface area (Å²) in [7, 11) is 0. The lowest BCUT2D eigenvalue weighted by Gasteiger charge is -2.34. The molecule has 0 bridgehead atoms. The molecule has 0 aromatic carbocycles. The molecule has 2 fully saturated rings. The Morgan fingerprint density at radius 1 is 1.24 bits per heavy atom. The van der Waals surface area contributed by atoms with Crippen LogP contribution < -0.4 is 10.6 Å². The molecule has 1 aliphatic heterocycles. The van der Waals surface area contributed by atoms with E-state index in [4.69, 9.17) is 9.72 Å². The van der Waals surface area contributed by atoms with Crippen LogP contribution in [0.15, 0.2) is 6.08 Å². The van der Waals surface area contributed by atoms with Crippen molar-refractivity contribution in [3.63, 3.8) is 0 Å². The first-order chi connectivity index (χ1) is 17.6. The number of hydrogen-bond donors (Lipinski definition) is 4. The van der Waals surface area contributed by atoms with Gasteiger partial charge in [0.25, 0.3) is 0 Å². The number of halogens is 3. The summed E-state index contributed by atoms with van der Waals surface area (Å²) < 4.78 is 44.0. The van der Waals surface area contributed by atoms with Gasteiger partial charge in [-0.25, -0.2) is 9.97 Å². The zero-order chi connectivity index (χ0) is 26.2. The molecule has 5 rings (SSSR count). The number of alkyl halides is 3. The summed E-state index contributed by atoms with van der Waals surface area (Å²) in [5, 5.41) is 28.5. The largest absolute Gasteiger partial charge is 0.405 e. The van der Waals surface area contributed by atoms with E-state index in [2.05, 4.69) is 25.5 Å². The van der Waals surface area contributed by atoms with Crippen molar-refractivity contribution in [2.75, 3.05) is 50.0 Å². The first-order valence-corrected chi connectivity index (χ1v) is 13.3. The van der Waals surface area contributed by atoms with Gasteiger partial charge in [0.15, 0.2) is 5.72 Å². The van der Waals surface area contributed by atoms with Gasteiger partial charge in [0.2, 0.25) is 5.95 Å². The fourth-order valence-electron chi connectivity index (χ4n) is 5.12. The summed E-state index contributed by atoms with van der Waals surface area (Å²) in [4.78, 5) is 16.6. The summed E-state index contributed by atoms with van der Waals surface area (Å²) in [5.41, 5.74) is 0.0618. The minimum absolute atomic E-state index is 0.140. The predicted octanol–water partition coefficient (Wildman–Crippen LogP) is 3.05. The Balaban J connectivity index is 1.44. The van der Waals surface area contributed by atoms with E-state index < -0.39 is 24.6 Å². The van der Waals surface area contributed by atoms with Gasteiger partial charge in [-0.1, -0.05) is 6.08 Å². The topological polar surface area (TPSA) is 116 Å². The number of nitrogens with zero attached hydrogens (tertiary/aromatic N) is 4. The van der Waals surface area contributed by atoms with Crippen molar-refractivity contribution in [3.8, 4) is 10.6 Å². The number of thiazole rings is 1. The smallest absolute Gasteiger partial charge is 0.388 e. The van der Waals surface area contributed by atoms with Crippen LogP contribution in [-0.2, 0) is 11.2 Å². The van der Waals surface area contributed by atoms with Gasteiger partial charge in [-0.05, 0) is 38.7 Å². The monoisotopic (exact) mass is 540 g/mol. The third kappa shape index (κ3) is 5.90. The first kappa shape index (κ1) is 26.3. The SMILES string of the molecule is Cc1nc(NCC(F)(F)F)nc(N[C@@]2(O)CC[C@H](CN3CCOCC3)[C@H]2O)c1-c1nc2c(s1)CCC=C2. The highest BCUT2D eigenvalue weighted by Crippen LogP contribution is 2.41. The Morgan fingerprint density at radius 3 is 2.76 bits per heavy atom. The van der Waals surface area contributed by atoms with Gasteiger partial charge in [-0.3, -0.25) is 4.90 Å². The maximum absolute atomic E-state index is 12.9. The summed E-state index contributed by atoms with van der Waals surface area (Å²) in [6.07, 6.45) is 1.05. The van der Waals surface area contributed by atoms with Crippen LogP contribution in [0.1, 0.15) is 35.5 Å². The van der Waals surface area contributed by atoms with Crippen molar-refractivity contribution in [1.29, 1.82) is 0 Å². The second-order valence-corrected chi connectivity index (χ2v) is 10.9. The summed E-state index contributed by atoms with van der Waals surface area (Å²) in [5.74, 6) is -0.258. The van der Waals surface area contributed by atoms with E-state index in [1.165, 1.54) is 11.3 Å². The van der Waals surface area contributed by atoms with Crippen LogP contribution in [0.3, 0.4) is 0 Å². The number of hydrogen-bond acceptors (Lipinski definition) is 10. The van der Waals surface area contributed by atoms with Crippen LogP contribution in [-0.4, -0.2) is 87.5 Å². The predicted molar refractivity (Wildman–Crippen MR) is 134 cm³/mol. The van der Waals surface area contributed by atoms with Gasteiger partial charge in [0.1, 0.15) is 23.5 Å². The fourth-order valence-corrected chi connectivity index (χ4v) is 6.28. The van der Waals surface area contributed by atoms with Crippen molar-refractivity contribution in [3.05, 3.63) is 22.3 Å². The Labute approximate surface area is 216 Å². The van der Waals surface area contributed by atoms with Crippen LogP contribution >= 0.6 is 11.3 Å². The number of aliphatic hydroxyl groups excluding tert-OH is 1. The van der Waals surface area contributed by atoms with Gasteiger partial charge in [-0.2, -0.15) is 18.2 Å². The first-order valence-electron chi connectivity index (χ1n) is 12.5. The van der Waals surface area contributed by atoms with E-state index in [1.807, 2.05) is 12.2 Å². The third-order valence-corrected chi connectivity index (χ3v) is 8.20. The van der Waals surface area contributed by atoms with Crippen LogP contribution in [0.2, 0.25) is 0 Å². The van der Waals surface area contributed by atoms with E-state index in [0.29, 0.717) is 42.4 Å². The minimum Gasteiger partial charge on any atom is -0.388 e. The number of nitrogens with one attached hydrogen (secondary N) is 2. The summed E-state index contributed by atoms with van der Waals surface area (Å²) in [6.45, 7) is 3.80. The fraction of sp³-hybridized carbons (Fsp3) is 0.625. The lowest BCUT2D eigenvalue weighted by molar-refractivity contribution is -0.115. The molecular formula is C24H31F3N6O3S. The van der Waals surface area contributed by atoms with Crippen LogP contribution in [0.5, 0.6) is 0 Å². The second-order valence-electron chi connectivity index (χ2n) is 9.80. The second kappa shape index (κ2) is 10.4. The number of aliphatic hydroxyl groups is 2. The molecule has 4 N–H and O–H groups in total. The van der Waals surface area contributed by atoms with Gasteiger partial charge in [0.05, 0.1) is 30.2 Å². The highest BCUT2D eigenvalue weighted by atomic mass is 32.1. The molecule has 0 spiro atoms. The molecule has 0 radical (unpaired) electrons. The molecule has 1 saturated heterocycles. The van der Waals surface area contributed by atoms with Crippen molar-refractivity contribution in [2.24, 2.45) is 5.92 Å². The van der Waals surface area contributed by atoms with E-state index in [-0.39, 0.29) is 24.1 Å². The minimum atomic E-state index is -4.45. The zero-order valence-electron chi connectivity index (χ0n) is 20.5. The molecule has 3 atom stereocenters. The molecule has 3 aliphatic rings.